The second-order valence-electron chi connectivity index (χ2n) is 3.93. The number of aryl methyl sites for hydroxylation is 1. The molecule has 2 rings (SSSR count). The van der Waals surface area contributed by atoms with Crippen LogP contribution < -0.4 is 0 Å². The summed E-state index contributed by atoms with van der Waals surface area (Å²) in [6.07, 6.45) is 3.52. The Bertz CT molecular complexity index is 580. The lowest BCUT2D eigenvalue weighted by molar-refractivity contribution is 0.989. The van der Waals surface area contributed by atoms with E-state index in [4.69, 9.17) is 23.2 Å². The van der Waals surface area contributed by atoms with Gasteiger partial charge < -0.3 is 0 Å². The Kier molecular flexibility index (Phi) is 4.34. The maximum Gasteiger partial charge on any atom is 0.0827 e. The van der Waals surface area contributed by atoms with Gasteiger partial charge in [0, 0.05) is 23.0 Å². The van der Waals surface area contributed by atoms with Crippen molar-refractivity contribution in [2.45, 2.75) is 13.5 Å². The molecule has 18 heavy (non-hydrogen) atoms. The SMILES string of the molecule is Cc1cnc(CN=Cc2ccccc2Cl)c(Cl)c1. The number of nitrogens with zero attached hydrogens (tertiary/aromatic N) is 2. The number of pyridine rings is 1. The third kappa shape index (κ3) is 3.31. The zero-order valence-electron chi connectivity index (χ0n) is 9.90. The van der Waals surface area contributed by atoms with Gasteiger partial charge in [-0.05, 0) is 24.6 Å². The fourth-order valence-corrected chi connectivity index (χ4v) is 1.95. The Morgan fingerprint density at radius 3 is 2.72 bits per heavy atom. The van der Waals surface area contributed by atoms with Crippen molar-refractivity contribution in [3.8, 4) is 0 Å². The van der Waals surface area contributed by atoms with Gasteiger partial charge in [-0.3, -0.25) is 9.98 Å². The first-order valence-electron chi connectivity index (χ1n) is 5.52. The van der Waals surface area contributed by atoms with Crippen LogP contribution in [-0.4, -0.2) is 11.2 Å². The molecule has 92 valence electrons. The summed E-state index contributed by atoms with van der Waals surface area (Å²) >= 11 is 12.1. The van der Waals surface area contributed by atoms with Crippen molar-refractivity contribution in [1.29, 1.82) is 0 Å². The van der Waals surface area contributed by atoms with Crippen LogP contribution in [0.25, 0.3) is 0 Å². The molecule has 0 unspecified atom stereocenters. The van der Waals surface area contributed by atoms with Crippen LogP contribution in [0.4, 0.5) is 0 Å². The van der Waals surface area contributed by atoms with E-state index >= 15 is 0 Å². The van der Waals surface area contributed by atoms with E-state index in [-0.39, 0.29) is 0 Å². The van der Waals surface area contributed by atoms with Crippen molar-refractivity contribution < 1.29 is 0 Å². The first-order chi connectivity index (χ1) is 8.66. The van der Waals surface area contributed by atoms with E-state index in [1.165, 1.54) is 0 Å². The molecule has 1 aromatic carbocycles. The Labute approximate surface area is 116 Å². The van der Waals surface area contributed by atoms with Crippen molar-refractivity contribution in [3.05, 3.63) is 63.4 Å². The minimum Gasteiger partial charge on any atom is -0.286 e. The molecule has 4 heteroatoms. The van der Waals surface area contributed by atoms with Crippen LogP contribution in [-0.2, 0) is 6.54 Å². The molecule has 0 aliphatic rings. The average molecular weight is 279 g/mol. The minimum atomic E-state index is 0.449. The van der Waals surface area contributed by atoms with Gasteiger partial charge in [0.25, 0.3) is 0 Å². The largest absolute Gasteiger partial charge is 0.286 e. The van der Waals surface area contributed by atoms with Gasteiger partial charge in [-0.2, -0.15) is 0 Å². The summed E-state index contributed by atoms with van der Waals surface area (Å²) in [5.74, 6) is 0. The predicted octanol–water partition coefficient (Wildman–Crippen LogP) is 4.32. The number of aliphatic imine (C=N–C) groups is 1. The highest BCUT2D eigenvalue weighted by Crippen LogP contribution is 2.16. The van der Waals surface area contributed by atoms with Crippen molar-refractivity contribution in [3.63, 3.8) is 0 Å². The highest BCUT2D eigenvalue weighted by Gasteiger charge is 2.00. The molecular formula is C14H12Cl2N2. The lowest BCUT2D eigenvalue weighted by Gasteiger charge is -2.01. The number of hydrogen-bond acceptors (Lipinski definition) is 2. The molecule has 0 aliphatic heterocycles. The van der Waals surface area contributed by atoms with Gasteiger partial charge >= 0.3 is 0 Å². The highest BCUT2D eigenvalue weighted by molar-refractivity contribution is 6.33. The minimum absolute atomic E-state index is 0.449. The van der Waals surface area contributed by atoms with Crippen molar-refractivity contribution in [2.75, 3.05) is 0 Å². The second-order valence-corrected chi connectivity index (χ2v) is 4.75. The van der Waals surface area contributed by atoms with Gasteiger partial charge in [-0.25, -0.2) is 0 Å². The molecular weight excluding hydrogens is 267 g/mol. The van der Waals surface area contributed by atoms with Crippen LogP contribution in [0, 0.1) is 6.92 Å². The van der Waals surface area contributed by atoms with Gasteiger partial charge in [0.1, 0.15) is 0 Å². The molecule has 0 atom stereocenters. The number of rotatable bonds is 3. The first-order valence-corrected chi connectivity index (χ1v) is 6.28. The molecule has 0 amide bonds. The van der Waals surface area contributed by atoms with Crippen molar-refractivity contribution >= 4 is 29.4 Å². The maximum absolute atomic E-state index is 6.08. The van der Waals surface area contributed by atoms with Gasteiger partial charge in [0.05, 0.1) is 17.3 Å². The third-order valence-electron chi connectivity index (χ3n) is 2.43. The van der Waals surface area contributed by atoms with E-state index in [0.29, 0.717) is 16.6 Å². The maximum atomic E-state index is 6.08. The monoisotopic (exact) mass is 278 g/mol. The Balaban J connectivity index is 2.10. The van der Waals surface area contributed by atoms with Gasteiger partial charge in [0.2, 0.25) is 0 Å². The fraction of sp³-hybridized carbons (Fsp3) is 0.143. The summed E-state index contributed by atoms with van der Waals surface area (Å²) in [4.78, 5) is 8.56. The molecule has 1 heterocycles. The molecule has 0 saturated heterocycles. The van der Waals surface area contributed by atoms with Crippen LogP contribution in [0.15, 0.2) is 41.5 Å². The van der Waals surface area contributed by atoms with E-state index in [1.54, 1.807) is 12.4 Å². The summed E-state index contributed by atoms with van der Waals surface area (Å²) in [5.41, 5.74) is 2.70. The fourth-order valence-electron chi connectivity index (χ4n) is 1.49. The smallest absolute Gasteiger partial charge is 0.0827 e. The van der Waals surface area contributed by atoms with Crippen LogP contribution in [0.5, 0.6) is 0 Å². The topological polar surface area (TPSA) is 25.2 Å². The second kappa shape index (κ2) is 5.98. The lowest BCUT2D eigenvalue weighted by atomic mass is 10.2. The van der Waals surface area contributed by atoms with Crippen molar-refractivity contribution in [1.82, 2.24) is 4.98 Å². The number of halogens is 2. The normalized spacial score (nSPS) is 11.1. The molecule has 0 radical (unpaired) electrons. The number of aromatic nitrogens is 1. The Hall–Kier alpha value is -1.38. The molecule has 0 spiro atoms. The van der Waals surface area contributed by atoms with Gasteiger partial charge in [0.15, 0.2) is 0 Å². The number of hydrogen-bond donors (Lipinski definition) is 0. The molecule has 0 bridgehead atoms. The summed E-state index contributed by atoms with van der Waals surface area (Å²) in [5, 5.41) is 1.33. The Morgan fingerprint density at radius 1 is 1.22 bits per heavy atom. The molecule has 0 N–H and O–H groups in total. The van der Waals surface area contributed by atoms with Crippen LogP contribution >= 0.6 is 23.2 Å². The zero-order valence-corrected chi connectivity index (χ0v) is 11.4. The highest BCUT2D eigenvalue weighted by atomic mass is 35.5. The first kappa shape index (κ1) is 13.1. The summed E-state index contributed by atoms with van der Waals surface area (Å²) < 4.78 is 0. The van der Waals surface area contributed by atoms with Crippen molar-refractivity contribution in [2.24, 2.45) is 4.99 Å². The molecule has 2 aromatic rings. The molecule has 2 nitrogen and oxygen atoms in total. The Morgan fingerprint density at radius 2 is 2.00 bits per heavy atom. The van der Waals surface area contributed by atoms with Crippen LogP contribution in [0.1, 0.15) is 16.8 Å². The van der Waals surface area contributed by atoms with Gasteiger partial charge in [-0.1, -0.05) is 41.4 Å². The average Bonchev–Trinajstić information content (AvgIpc) is 2.34. The summed E-state index contributed by atoms with van der Waals surface area (Å²) in [6, 6.07) is 9.44. The number of benzene rings is 1. The molecule has 0 aliphatic carbocycles. The van der Waals surface area contributed by atoms with Crippen LogP contribution in [0.2, 0.25) is 10.0 Å². The van der Waals surface area contributed by atoms with E-state index in [0.717, 1.165) is 16.8 Å². The standard InChI is InChI=1S/C14H12Cl2N2/c1-10-6-13(16)14(18-7-10)9-17-8-11-4-2-3-5-12(11)15/h2-8H,9H2,1H3. The molecule has 0 saturated carbocycles. The zero-order chi connectivity index (χ0) is 13.0. The third-order valence-corrected chi connectivity index (χ3v) is 3.10. The quantitative estimate of drug-likeness (QED) is 0.768. The van der Waals surface area contributed by atoms with E-state index in [9.17, 15) is 0 Å². The molecule has 0 fully saturated rings. The molecule has 1 aromatic heterocycles. The van der Waals surface area contributed by atoms with E-state index < -0.39 is 0 Å². The lowest BCUT2D eigenvalue weighted by Crippen LogP contribution is -1.91. The van der Waals surface area contributed by atoms with Crippen LogP contribution in [0.3, 0.4) is 0 Å². The summed E-state index contributed by atoms with van der Waals surface area (Å²) in [6.45, 7) is 2.40. The van der Waals surface area contributed by atoms with Gasteiger partial charge in [-0.15, -0.1) is 0 Å². The predicted molar refractivity (Wildman–Crippen MR) is 76.7 cm³/mol. The summed E-state index contributed by atoms with van der Waals surface area (Å²) in [7, 11) is 0. The van der Waals surface area contributed by atoms with E-state index in [1.807, 2.05) is 37.3 Å². The van der Waals surface area contributed by atoms with E-state index in [2.05, 4.69) is 9.98 Å².